The van der Waals surface area contributed by atoms with Crippen LogP contribution >= 0.6 is 0 Å². The van der Waals surface area contributed by atoms with E-state index in [4.69, 9.17) is 15.5 Å². The van der Waals surface area contributed by atoms with Crippen LogP contribution in [0.5, 0.6) is 0 Å². The molecular weight excluding hydrogens is 271 g/mol. The molecule has 0 unspecified atom stereocenters. The third kappa shape index (κ3) is 13.8. The first-order chi connectivity index (χ1) is 9.24. The van der Waals surface area contributed by atoms with E-state index in [1.165, 1.54) is 10.8 Å². The van der Waals surface area contributed by atoms with Crippen molar-refractivity contribution in [3.8, 4) is 0 Å². The van der Waals surface area contributed by atoms with Crippen molar-refractivity contribution in [2.45, 2.75) is 20.7 Å². The van der Waals surface area contributed by atoms with Crippen molar-refractivity contribution in [1.29, 1.82) is 1.12 Å². The van der Waals surface area contributed by atoms with E-state index >= 15 is 0 Å². The summed E-state index contributed by atoms with van der Waals surface area (Å²) in [6, 6.07) is 16.7. The van der Waals surface area contributed by atoms with Gasteiger partial charge in [-0.3, -0.25) is 4.55 Å². The molecule has 0 aliphatic rings. The fraction of sp³-hybridized carbons (Fsp3) is 0.286. The zero-order chi connectivity index (χ0) is 15.6. The zero-order valence-corrected chi connectivity index (χ0v) is 14.4. The minimum absolute atomic E-state index is 0. The molecule has 0 aliphatic heterocycles. The maximum atomic E-state index is 8.85. The van der Waals surface area contributed by atoms with E-state index < -0.39 is 10.9 Å². The van der Waals surface area contributed by atoms with Gasteiger partial charge in [-0.25, -0.2) is 8.42 Å². The van der Waals surface area contributed by atoms with Gasteiger partial charge in [-0.1, -0.05) is 69.3 Å². The molecule has 2 rings (SSSR count). The van der Waals surface area contributed by atoms with Gasteiger partial charge in [0.25, 0.3) is 10.9 Å². The minimum atomic E-state index is -4.42. The van der Waals surface area contributed by atoms with Crippen LogP contribution in [-0.4, -0.2) is 43.7 Å². The number of fused-ring (bicyclic) bond motifs is 1. The first kappa shape index (κ1) is 16.7. The van der Waals surface area contributed by atoms with Gasteiger partial charge in [-0.2, -0.15) is 0 Å². The summed E-state index contributed by atoms with van der Waals surface area (Å²) in [5, 5.41) is 2.62. The minimum Gasteiger partial charge on any atom is -0.288 e. The van der Waals surface area contributed by atoms with E-state index in [-0.39, 0.29) is 29.6 Å². The fourth-order valence-electron chi connectivity index (χ4n) is 1.13. The predicted molar refractivity (Wildman–Crippen MR) is 83.2 cm³/mol. The van der Waals surface area contributed by atoms with Gasteiger partial charge >= 0.3 is 0 Å². The summed E-state index contributed by atoms with van der Waals surface area (Å²) >= 11 is 0. The topological polar surface area (TPSA) is 54.4 Å². The molecule has 0 bridgehead atoms. The summed E-state index contributed by atoms with van der Waals surface area (Å²) in [5.74, 6) is 0.551. The molecule has 0 amide bonds. The monoisotopic (exact) mass is 293 g/mol. The summed E-state index contributed by atoms with van der Waals surface area (Å²) in [5.41, 5.74) is 0. The Kier molecular flexibility index (Phi) is 11.1. The average molecular weight is 293 g/mol. The first-order valence-electron chi connectivity index (χ1n) is 6.60. The third-order valence-corrected chi connectivity index (χ3v) is 1.66. The second-order valence-corrected chi connectivity index (χ2v) is 4.39. The summed E-state index contributed by atoms with van der Waals surface area (Å²) < 4.78 is 37.0. The maximum absolute atomic E-state index is 8.85. The molecular formula is C14H20NaO3S. The van der Waals surface area contributed by atoms with Crippen LogP contribution in [0.2, 0.25) is 0 Å². The summed E-state index contributed by atoms with van der Waals surface area (Å²) in [4.78, 5) is 0. The van der Waals surface area contributed by atoms with E-state index in [9.17, 15) is 0 Å². The second kappa shape index (κ2) is 12.6. The van der Waals surface area contributed by atoms with E-state index in [1.807, 2.05) is 13.8 Å². The van der Waals surface area contributed by atoms with E-state index in [0.29, 0.717) is 12.8 Å². The zero-order valence-electron chi connectivity index (χ0n) is 13.6. The molecule has 2 aromatic carbocycles. The van der Waals surface area contributed by atoms with Crippen LogP contribution in [0, 0.1) is 5.92 Å². The van der Waals surface area contributed by atoms with Crippen molar-refractivity contribution in [1.82, 2.24) is 0 Å². The molecule has 0 aliphatic carbocycles. The van der Waals surface area contributed by atoms with Gasteiger partial charge in [-0.05, 0) is 16.7 Å². The predicted octanol–water partition coefficient (Wildman–Crippen LogP) is 3.19. The molecule has 5 heteroatoms. The van der Waals surface area contributed by atoms with Crippen LogP contribution in [-0.2, 0) is 10.9 Å². The summed E-state index contributed by atoms with van der Waals surface area (Å²) in [7, 11) is -4.42. The molecule has 0 atom stereocenters. The Morgan fingerprint density at radius 1 is 1.05 bits per heavy atom. The second-order valence-electron chi connectivity index (χ2n) is 3.96. The Balaban J connectivity index is 0. The summed E-state index contributed by atoms with van der Waals surface area (Å²) in [6.45, 7) is 4.62. The van der Waals surface area contributed by atoms with Crippen LogP contribution in [0.4, 0.5) is 0 Å². The molecule has 1 N–H and O–H groups in total. The first-order valence-corrected chi connectivity index (χ1v) is 6.52. The molecule has 0 spiro atoms. The van der Waals surface area contributed by atoms with Crippen molar-refractivity contribution < 1.29 is 14.3 Å². The van der Waals surface area contributed by atoms with Gasteiger partial charge in [0, 0.05) is 30.9 Å². The SMILES string of the molecule is [2H]CC(C)C.[2H]S(=O)(=O)O.[Na].c1ccc2ccccc2c1. The molecule has 0 heterocycles. The van der Waals surface area contributed by atoms with Crippen LogP contribution in [0.25, 0.3) is 10.8 Å². The van der Waals surface area contributed by atoms with Gasteiger partial charge in [0.1, 0.15) is 0 Å². The smallest absolute Gasteiger partial charge is 0.254 e. The quantitative estimate of drug-likeness (QED) is 0.445. The van der Waals surface area contributed by atoms with Crippen LogP contribution < -0.4 is 0 Å². The van der Waals surface area contributed by atoms with Crippen molar-refractivity contribution in [2.24, 2.45) is 5.92 Å². The molecule has 0 fully saturated rings. The molecule has 3 nitrogen and oxygen atoms in total. The number of hydrogen-bond donors (Lipinski definition) is 2. The van der Waals surface area contributed by atoms with Crippen LogP contribution in [0.3, 0.4) is 0 Å². The number of rotatable bonds is 0. The van der Waals surface area contributed by atoms with Crippen LogP contribution in [0.1, 0.15) is 22.1 Å². The molecule has 0 aromatic heterocycles. The van der Waals surface area contributed by atoms with E-state index in [2.05, 4.69) is 48.5 Å². The van der Waals surface area contributed by atoms with Gasteiger partial charge < -0.3 is 0 Å². The molecule has 19 heavy (non-hydrogen) atoms. The van der Waals surface area contributed by atoms with Gasteiger partial charge in [0.05, 0.1) is 0 Å². The molecule has 0 saturated carbocycles. The standard InChI is InChI=1S/C10H8.C4H10.Na.H2O3S/c1-2-6-10-8-4-3-7-9(10)5-1;1-4(2)3;;1-4(2)3/h1-8H;4H,1-3H3;;4H,(H,1,2,3)/i;1D;;4D. The Labute approximate surface area is 141 Å². The molecule has 1 radical (unpaired) electrons. The summed E-state index contributed by atoms with van der Waals surface area (Å²) in [6.07, 6.45) is 0. The van der Waals surface area contributed by atoms with Crippen molar-refractivity contribution in [3.05, 3.63) is 48.5 Å². The molecule has 101 valence electrons. The Morgan fingerprint density at radius 3 is 1.42 bits per heavy atom. The van der Waals surface area contributed by atoms with Gasteiger partial charge in [0.15, 0.2) is 0 Å². The van der Waals surface area contributed by atoms with Gasteiger partial charge in [-0.15, -0.1) is 0 Å². The Bertz CT molecular complexity index is 530. The molecule has 2 aromatic rings. The number of hydrogen-bond acceptors (Lipinski definition) is 2. The molecule has 0 saturated heterocycles. The Hall–Kier alpha value is -0.390. The largest absolute Gasteiger partial charge is 0.288 e. The Morgan fingerprint density at radius 2 is 1.26 bits per heavy atom. The third-order valence-electron chi connectivity index (χ3n) is 1.66. The fourth-order valence-corrected chi connectivity index (χ4v) is 1.13. The van der Waals surface area contributed by atoms with Gasteiger partial charge in [0.2, 0.25) is 1.12 Å². The number of thiol groups is 1. The maximum Gasteiger partial charge on any atom is 0.254 e. The van der Waals surface area contributed by atoms with Crippen molar-refractivity contribution in [3.63, 3.8) is 0 Å². The van der Waals surface area contributed by atoms with E-state index in [0.717, 1.165) is 0 Å². The van der Waals surface area contributed by atoms with Crippen molar-refractivity contribution in [2.75, 3.05) is 0 Å². The average Bonchev–Trinajstić information content (AvgIpc) is 2.37. The normalized spacial score (nSPS) is 10.9. The number of benzene rings is 2. The van der Waals surface area contributed by atoms with Crippen molar-refractivity contribution >= 4 is 51.2 Å². The van der Waals surface area contributed by atoms with E-state index in [1.54, 1.807) is 0 Å². The van der Waals surface area contributed by atoms with Crippen LogP contribution in [0.15, 0.2) is 48.5 Å².